The zero-order valence-electron chi connectivity index (χ0n) is 6.24. The van der Waals surface area contributed by atoms with E-state index in [4.69, 9.17) is 11.6 Å². The molecule has 0 amide bonds. The van der Waals surface area contributed by atoms with Gasteiger partial charge in [-0.3, -0.25) is 4.98 Å². The molecule has 0 atom stereocenters. The van der Waals surface area contributed by atoms with Crippen molar-refractivity contribution in [2.75, 3.05) is 0 Å². The van der Waals surface area contributed by atoms with Crippen molar-refractivity contribution in [3.05, 3.63) is 27.3 Å². The zero-order chi connectivity index (χ0) is 9.26. The fourth-order valence-corrected chi connectivity index (χ4v) is 1.88. The Bertz CT molecular complexity index is 431. The number of pyridine rings is 1. The average Bonchev–Trinajstić information content (AvgIpc) is 2.53. The molecule has 2 aromatic heterocycles. The van der Waals surface area contributed by atoms with E-state index in [9.17, 15) is 0 Å². The van der Waals surface area contributed by atoms with Gasteiger partial charge in [0.05, 0.1) is 0 Å². The minimum absolute atomic E-state index is 0.424. The first kappa shape index (κ1) is 9.05. The molecule has 0 unspecified atom stereocenters. The fraction of sp³-hybridized carbons (Fsp3) is 0. The second-order valence-corrected chi connectivity index (χ2v) is 4.39. The van der Waals surface area contributed by atoms with Crippen molar-refractivity contribution >= 4 is 39.1 Å². The van der Waals surface area contributed by atoms with Gasteiger partial charge in [0.15, 0.2) is 5.82 Å². The Labute approximate surface area is 92.1 Å². The quantitative estimate of drug-likeness (QED) is 0.803. The maximum absolute atomic E-state index is 5.66. The molecule has 0 aliphatic carbocycles. The predicted octanol–water partition coefficient (Wildman–Crippen LogP) is 3.02. The third-order valence-corrected chi connectivity index (χ3v) is 2.81. The van der Waals surface area contributed by atoms with Gasteiger partial charge in [0.1, 0.15) is 5.69 Å². The number of rotatable bonds is 1. The van der Waals surface area contributed by atoms with Gasteiger partial charge >= 0.3 is 0 Å². The molecule has 0 bridgehead atoms. The van der Waals surface area contributed by atoms with Gasteiger partial charge < -0.3 is 0 Å². The number of hydrogen-bond donors (Lipinski definition) is 0. The van der Waals surface area contributed by atoms with Crippen LogP contribution in [0.2, 0.25) is 4.47 Å². The van der Waals surface area contributed by atoms with Crippen LogP contribution in [-0.2, 0) is 0 Å². The summed E-state index contributed by atoms with van der Waals surface area (Å²) in [4.78, 5) is 8.16. The Hall–Kier alpha value is -0.520. The van der Waals surface area contributed by atoms with Gasteiger partial charge in [-0.15, -0.1) is 0 Å². The number of halogens is 2. The topological polar surface area (TPSA) is 38.7 Å². The van der Waals surface area contributed by atoms with E-state index in [1.165, 1.54) is 0 Å². The van der Waals surface area contributed by atoms with Crippen LogP contribution in [0.25, 0.3) is 11.5 Å². The number of aromatic nitrogens is 3. The molecule has 0 saturated heterocycles. The van der Waals surface area contributed by atoms with Gasteiger partial charge in [0.2, 0.25) is 4.47 Å². The van der Waals surface area contributed by atoms with Crippen LogP contribution in [0.4, 0.5) is 0 Å². The van der Waals surface area contributed by atoms with Crippen molar-refractivity contribution in [1.82, 2.24) is 14.3 Å². The van der Waals surface area contributed by atoms with Gasteiger partial charge in [-0.25, -0.2) is 4.98 Å². The fourth-order valence-electron chi connectivity index (χ4n) is 0.851. The molecule has 3 nitrogen and oxygen atoms in total. The maximum atomic E-state index is 5.66. The van der Waals surface area contributed by atoms with E-state index in [1.807, 2.05) is 12.1 Å². The van der Waals surface area contributed by atoms with Crippen molar-refractivity contribution < 1.29 is 0 Å². The number of hydrogen-bond acceptors (Lipinski definition) is 4. The van der Waals surface area contributed by atoms with Gasteiger partial charge in [0, 0.05) is 10.7 Å². The monoisotopic (exact) mass is 275 g/mol. The number of nitrogens with zero attached hydrogens (tertiary/aromatic N) is 3. The standard InChI is InChI=1S/C7H3BrClN3S/c8-4-2-1-3-10-5(4)6-11-7(9)13-12-6/h1-3H. The molecule has 0 aliphatic rings. The summed E-state index contributed by atoms with van der Waals surface area (Å²) < 4.78 is 5.34. The van der Waals surface area contributed by atoms with Crippen LogP contribution in [0, 0.1) is 0 Å². The molecule has 0 spiro atoms. The van der Waals surface area contributed by atoms with E-state index in [2.05, 4.69) is 30.3 Å². The summed E-state index contributed by atoms with van der Waals surface area (Å²) in [6, 6.07) is 3.72. The first-order chi connectivity index (χ1) is 6.27. The molecular weight excluding hydrogens is 274 g/mol. The van der Waals surface area contributed by atoms with Crippen LogP contribution >= 0.6 is 39.1 Å². The Morgan fingerprint density at radius 3 is 2.92 bits per heavy atom. The van der Waals surface area contributed by atoms with E-state index >= 15 is 0 Å². The van der Waals surface area contributed by atoms with Crippen molar-refractivity contribution in [3.63, 3.8) is 0 Å². The van der Waals surface area contributed by atoms with E-state index in [0.717, 1.165) is 16.0 Å². The highest BCUT2D eigenvalue weighted by Crippen LogP contribution is 2.25. The Kier molecular flexibility index (Phi) is 2.57. The van der Waals surface area contributed by atoms with Gasteiger partial charge in [-0.2, -0.15) is 4.37 Å². The van der Waals surface area contributed by atoms with Crippen molar-refractivity contribution in [3.8, 4) is 11.5 Å². The second-order valence-electron chi connectivity index (χ2n) is 2.20. The first-order valence-corrected chi connectivity index (χ1v) is 5.32. The van der Waals surface area contributed by atoms with Gasteiger partial charge in [-0.05, 0) is 51.2 Å². The minimum Gasteiger partial charge on any atom is -0.252 e. The molecule has 2 heterocycles. The molecule has 0 aromatic carbocycles. The van der Waals surface area contributed by atoms with Crippen LogP contribution in [0.15, 0.2) is 22.8 Å². The van der Waals surface area contributed by atoms with E-state index in [-0.39, 0.29) is 0 Å². The molecule has 2 rings (SSSR count). The summed E-state index contributed by atoms with van der Waals surface area (Å²) in [6.07, 6.45) is 1.69. The van der Waals surface area contributed by atoms with E-state index in [0.29, 0.717) is 16.0 Å². The highest BCUT2D eigenvalue weighted by Gasteiger charge is 2.09. The molecule has 0 radical (unpaired) electrons. The van der Waals surface area contributed by atoms with Crippen molar-refractivity contribution in [2.45, 2.75) is 0 Å². The summed E-state index contributed by atoms with van der Waals surface area (Å²) in [5.41, 5.74) is 0.714. The van der Waals surface area contributed by atoms with Gasteiger partial charge in [0.25, 0.3) is 0 Å². The molecular formula is C7H3BrClN3S. The third-order valence-electron chi connectivity index (χ3n) is 1.37. The summed E-state index contributed by atoms with van der Waals surface area (Å²) in [5, 5.41) is 0. The lowest BCUT2D eigenvalue weighted by molar-refractivity contribution is 1.22. The van der Waals surface area contributed by atoms with E-state index in [1.54, 1.807) is 6.20 Å². The van der Waals surface area contributed by atoms with Crippen LogP contribution in [-0.4, -0.2) is 14.3 Å². The summed E-state index contributed by atoms with van der Waals surface area (Å²) >= 11 is 10.2. The molecule has 2 aromatic rings. The largest absolute Gasteiger partial charge is 0.252 e. The van der Waals surface area contributed by atoms with Crippen LogP contribution in [0.3, 0.4) is 0 Å². The van der Waals surface area contributed by atoms with Crippen molar-refractivity contribution in [2.24, 2.45) is 0 Å². The highest BCUT2D eigenvalue weighted by molar-refractivity contribution is 9.10. The zero-order valence-corrected chi connectivity index (χ0v) is 9.40. The summed E-state index contributed by atoms with van der Waals surface area (Å²) in [5.74, 6) is 0.558. The van der Waals surface area contributed by atoms with E-state index < -0.39 is 0 Å². The van der Waals surface area contributed by atoms with Crippen LogP contribution in [0.1, 0.15) is 0 Å². The summed E-state index contributed by atoms with van der Waals surface area (Å²) in [7, 11) is 0. The summed E-state index contributed by atoms with van der Waals surface area (Å²) in [6.45, 7) is 0. The Morgan fingerprint density at radius 2 is 2.31 bits per heavy atom. The Balaban J connectivity index is 2.52. The maximum Gasteiger partial charge on any atom is 0.203 e. The highest BCUT2D eigenvalue weighted by atomic mass is 79.9. The lowest BCUT2D eigenvalue weighted by Gasteiger charge is -1.95. The molecule has 0 fully saturated rings. The second kappa shape index (κ2) is 3.69. The first-order valence-electron chi connectivity index (χ1n) is 3.37. The molecule has 0 saturated carbocycles. The molecule has 0 aliphatic heterocycles. The lowest BCUT2D eigenvalue weighted by atomic mass is 10.3. The van der Waals surface area contributed by atoms with Crippen molar-refractivity contribution in [1.29, 1.82) is 0 Å². The molecule has 6 heteroatoms. The predicted molar refractivity (Wildman–Crippen MR) is 55.9 cm³/mol. The average molecular weight is 277 g/mol. The SMILES string of the molecule is Clc1nc(-c2ncccc2Br)ns1. The Morgan fingerprint density at radius 1 is 1.46 bits per heavy atom. The van der Waals surface area contributed by atoms with Crippen LogP contribution < -0.4 is 0 Å². The lowest BCUT2D eigenvalue weighted by Crippen LogP contribution is -1.85. The molecule has 0 N–H and O–H groups in total. The normalized spacial score (nSPS) is 10.3. The smallest absolute Gasteiger partial charge is 0.203 e. The third kappa shape index (κ3) is 1.87. The van der Waals surface area contributed by atoms with Gasteiger partial charge in [-0.1, -0.05) is 0 Å². The minimum atomic E-state index is 0.424. The molecule has 13 heavy (non-hydrogen) atoms. The molecule has 66 valence electrons. The van der Waals surface area contributed by atoms with Crippen LogP contribution in [0.5, 0.6) is 0 Å².